The zero-order chi connectivity index (χ0) is 12.4. The molecule has 0 radical (unpaired) electrons. The summed E-state index contributed by atoms with van der Waals surface area (Å²) in [5, 5.41) is 5.62. The maximum Gasteiger partial charge on any atom is 0.159 e. The molecule has 0 unspecified atom stereocenters. The summed E-state index contributed by atoms with van der Waals surface area (Å²) in [6, 6.07) is 12.4. The Balaban J connectivity index is 2.43. The van der Waals surface area contributed by atoms with Crippen LogP contribution < -0.4 is 5.32 Å². The van der Waals surface area contributed by atoms with Crippen LogP contribution in [0.25, 0.3) is 10.8 Å². The number of carbonyl (C=O) groups is 1. The molecule has 1 N–H and O–H groups in total. The Hall–Kier alpha value is -1.83. The Bertz CT molecular complexity index is 558. The molecule has 0 heterocycles. The SMILES string of the molecule is CC(=O)c1ccc2cc(NC(C)C)ccc2c1. The minimum Gasteiger partial charge on any atom is -0.383 e. The van der Waals surface area contributed by atoms with Crippen molar-refractivity contribution in [3.05, 3.63) is 42.0 Å². The smallest absolute Gasteiger partial charge is 0.159 e. The number of Topliss-reactive ketones (excluding diaryl/α,β-unsaturated/α-hetero) is 1. The van der Waals surface area contributed by atoms with Crippen LogP contribution in [-0.4, -0.2) is 11.8 Å². The lowest BCUT2D eigenvalue weighted by molar-refractivity contribution is 0.101. The number of hydrogen-bond acceptors (Lipinski definition) is 2. The summed E-state index contributed by atoms with van der Waals surface area (Å²) < 4.78 is 0. The third-order valence-electron chi connectivity index (χ3n) is 2.70. The summed E-state index contributed by atoms with van der Waals surface area (Å²) in [4.78, 5) is 11.3. The molecule has 0 saturated heterocycles. The number of nitrogens with one attached hydrogen (secondary N) is 1. The zero-order valence-corrected chi connectivity index (χ0v) is 10.4. The van der Waals surface area contributed by atoms with E-state index >= 15 is 0 Å². The first-order valence-corrected chi connectivity index (χ1v) is 5.87. The van der Waals surface area contributed by atoms with Crippen LogP contribution in [0.15, 0.2) is 36.4 Å². The fourth-order valence-electron chi connectivity index (χ4n) is 1.89. The summed E-state index contributed by atoms with van der Waals surface area (Å²) in [5.41, 5.74) is 1.88. The van der Waals surface area contributed by atoms with Gasteiger partial charge < -0.3 is 5.32 Å². The van der Waals surface area contributed by atoms with Crippen LogP contribution in [-0.2, 0) is 0 Å². The maximum atomic E-state index is 11.3. The Kier molecular flexibility index (Phi) is 3.14. The molecule has 0 spiro atoms. The van der Waals surface area contributed by atoms with Crippen molar-refractivity contribution in [1.29, 1.82) is 0 Å². The van der Waals surface area contributed by atoms with Gasteiger partial charge in [-0.3, -0.25) is 4.79 Å². The Morgan fingerprint density at radius 3 is 2.35 bits per heavy atom. The number of ketones is 1. The molecule has 0 aromatic heterocycles. The van der Waals surface area contributed by atoms with Gasteiger partial charge in [0.05, 0.1) is 0 Å². The van der Waals surface area contributed by atoms with Crippen molar-refractivity contribution in [2.24, 2.45) is 0 Å². The van der Waals surface area contributed by atoms with Crippen molar-refractivity contribution < 1.29 is 4.79 Å². The summed E-state index contributed by atoms with van der Waals surface area (Å²) in [6.07, 6.45) is 0. The highest BCUT2D eigenvalue weighted by Gasteiger charge is 2.02. The average Bonchev–Trinajstić information content (AvgIpc) is 2.27. The second-order valence-electron chi connectivity index (χ2n) is 4.63. The number of fused-ring (bicyclic) bond motifs is 1. The maximum absolute atomic E-state index is 11.3. The highest BCUT2D eigenvalue weighted by atomic mass is 16.1. The molecule has 0 atom stereocenters. The Labute approximate surface area is 102 Å². The van der Waals surface area contributed by atoms with Crippen molar-refractivity contribution in [3.8, 4) is 0 Å². The second kappa shape index (κ2) is 4.58. The number of benzene rings is 2. The highest BCUT2D eigenvalue weighted by Crippen LogP contribution is 2.21. The molecule has 2 aromatic rings. The predicted octanol–water partition coefficient (Wildman–Crippen LogP) is 3.86. The lowest BCUT2D eigenvalue weighted by atomic mass is 10.0. The van der Waals surface area contributed by atoms with Gasteiger partial charge in [0.25, 0.3) is 0 Å². The van der Waals surface area contributed by atoms with Gasteiger partial charge in [-0.2, -0.15) is 0 Å². The first kappa shape index (κ1) is 11.6. The molecule has 2 aromatic carbocycles. The first-order chi connectivity index (χ1) is 8.06. The van der Waals surface area contributed by atoms with E-state index in [2.05, 4.69) is 25.2 Å². The molecule has 2 rings (SSSR count). The monoisotopic (exact) mass is 227 g/mol. The molecule has 0 bridgehead atoms. The molecule has 88 valence electrons. The van der Waals surface area contributed by atoms with Crippen LogP contribution in [0.3, 0.4) is 0 Å². The van der Waals surface area contributed by atoms with Crippen LogP contribution in [0.1, 0.15) is 31.1 Å². The highest BCUT2D eigenvalue weighted by molar-refractivity contribution is 5.99. The molecule has 0 amide bonds. The van der Waals surface area contributed by atoms with E-state index in [1.807, 2.05) is 30.3 Å². The van der Waals surface area contributed by atoms with Gasteiger partial charge in [-0.15, -0.1) is 0 Å². The van der Waals surface area contributed by atoms with Gasteiger partial charge in [-0.1, -0.05) is 18.2 Å². The Morgan fingerprint density at radius 2 is 1.71 bits per heavy atom. The van der Waals surface area contributed by atoms with E-state index in [1.54, 1.807) is 6.92 Å². The van der Waals surface area contributed by atoms with E-state index in [9.17, 15) is 4.79 Å². The van der Waals surface area contributed by atoms with Crippen LogP contribution in [0, 0.1) is 0 Å². The van der Waals surface area contributed by atoms with Crippen molar-refractivity contribution in [2.75, 3.05) is 5.32 Å². The van der Waals surface area contributed by atoms with E-state index in [-0.39, 0.29) is 5.78 Å². The van der Waals surface area contributed by atoms with Crippen LogP contribution in [0.5, 0.6) is 0 Å². The normalized spacial score (nSPS) is 10.8. The van der Waals surface area contributed by atoms with Crippen molar-refractivity contribution in [2.45, 2.75) is 26.8 Å². The second-order valence-corrected chi connectivity index (χ2v) is 4.63. The average molecular weight is 227 g/mol. The first-order valence-electron chi connectivity index (χ1n) is 5.87. The third-order valence-corrected chi connectivity index (χ3v) is 2.70. The summed E-state index contributed by atoms with van der Waals surface area (Å²) in [6.45, 7) is 5.82. The quantitative estimate of drug-likeness (QED) is 0.807. The fraction of sp³-hybridized carbons (Fsp3) is 0.267. The Morgan fingerprint density at radius 1 is 1.06 bits per heavy atom. The third kappa shape index (κ3) is 2.64. The number of hydrogen-bond donors (Lipinski definition) is 1. The van der Waals surface area contributed by atoms with Gasteiger partial charge in [0.1, 0.15) is 0 Å². The number of carbonyl (C=O) groups excluding carboxylic acids is 1. The van der Waals surface area contributed by atoms with E-state index in [0.717, 1.165) is 22.0 Å². The van der Waals surface area contributed by atoms with Gasteiger partial charge in [-0.25, -0.2) is 0 Å². The summed E-state index contributed by atoms with van der Waals surface area (Å²) in [7, 11) is 0. The largest absolute Gasteiger partial charge is 0.383 e. The predicted molar refractivity (Wildman–Crippen MR) is 72.7 cm³/mol. The molecular formula is C15H17NO. The molecular weight excluding hydrogens is 210 g/mol. The van der Waals surface area contributed by atoms with Crippen LogP contribution in [0.2, 0.25) is 0 Å². The molecule has 0 fully saturated rings. The topological polar surface area (TPSA) is 29.1 Å². The number of rotatable bonds is 3. The van der Waals surface area contributed by atoms with Crippen LogP contribution >= 0.6 is 0 Å². The lowest BCUT2D eigenvalue weighted by Crippen LogP contribution is -2.09. The number of anilines is 1. The summed E-state index contributed by atoms with van der Waals surface area (Å²) in [5.74, 6) is 0.108. The van der Waals surface area contributed by atoms with Gasteiger partial charge in [-0.05, 0) is 49.7 Å². The van der Waals surface area contributed by atoms with E-state index < -0.39 is 0 Å². The van der Waals surface area contributed by atoms with Gasteiger partial charge in [0.15, 0.2) is 5.78 Å². The summed E-state index contributed by atoms with van der Waals surface area (Å²) >= 11 is 0. The van der Waals surface area contributed by atoms with Crippen molar-refractivity contribution in [1.82, 2.24) is 0 Å². The molecule has 0 aliphatic heterocycles. The van der Waals surface area contributed by atoms with Gasteiger partial charge in [0.2, 0.25) is 0 Å². The fourth-order valence-corrected chi connectivity index (χ4v) is 1.89. The molecule has 0 saturated carbocycles. The minimum atomic E-state index is 0.108. The molecule has 0 aliphatic carbocycles. The lowest BCUT2D eigenvalue weighted by Gasteiger charge is -2.10. The zero-order valence-electron chi connectivity index (χ0n) is 10.4. The van der Waals surface area contributed by atoms with Gasteiger partial charge in [0, 0.05) is 17.3 Å². The van der Waals surface area contributed by atoms with Crippen molar-refractivity contribution >= 4 is 22.2 Å². The van der Waals surface area contributed by atoms with Crippen molar-refractivity contribution in [3.63, 3.8) is 0 Å². The minimum absolute atomic E-state index is 0.108. The molecule has 17 heavy (non-hydrogen) atoms. The van der Waals surface area contributed by atoms with E-state index in [1.165, 1.54) is 0 Å². The molecule has 2 heteroatoms. The standard InChI is InChI=1S/C15H17NO/c1-10(2)16-15-7-6-13-8-12(11(3)17)4-5-14(13)9-15/h4-10,16H,1-3H3. The molecule has 2 nitrogen and oxygen atoms in total. The van der Waals surface area contributed by atoms with Crippen LogP contribution in [0.4, 0.5) is 5.69 Å². The van der Waals surface area contributed by atoms with E-state index in [0.29, 0.717) is 6.04 Å². The van der Waals surface area contributed by atoms with Gasteiger partial charge >= 0.3 is 0 Å². The molecule has 0 aliphatic rings. The van der Waals surface area contributed by atoms with E-state index in [4.69, 9.17) is 0 Å².